The first kappa shape index (κ1) is 46.8. The van der Waals surface area contributed by atoms with Gasteiger partial charge in [0.2, 0.25) is 0 Å². The highest BCUT2D eigenvalue weighted by atomic mass is 32.1. The fraction of sp³-hybridized carbons (Fsp3) is 0.208. The molecule has 0 amide bonds. The number of hydrogen-bond donors (Lipinski definition) is 0. The van der Waals surface area contributed by atoms with Crippen LogP contribution < -0.4 is 0 Å². The van der Waals surface area contributed by atoms with Crippen LogP contribution in [0.15, 0.2) is 95.4 Å². The summed E-state index contributed by atoms with van der Waals surface area (Å²) in [5, 5.41) is 2.82. The quantitative estimate of drug-likeness (QED) is 0.150. The summed E-state index contributed by atoms with van der Waals surface area (Å²) in [4.78, 5) is 0. The molecule has 0 radical (unpaired) electrons. The van der Waals surface area contributed by atoms with Gasteiger partial charge >= 0.3 is 0 Å². The summed E-state index contributed by atoms with van der Waals surface area (Å²) in [5.41, 5.74) is 3.92. The van der Waals surface area contributed by atoms with Crippen molar-refractivity contribution >= 4 is 53.4 Å². The molecule has 0 fully saturated rings. The molecule has 0 N–H and O–H groups in total. The standard InChI is InChI=1S/C14H11F3.C14H10F2O.C14H10F2S.C11H11F3/c1-8-3-5-10(7-12(8)15)11-6-4-9(2)13(16)14(11)17;2*1-7-3-5-9-10-6-4-8(2)12(16)14(10)17-13(9)11(7)15;1-6-3-4-8-5-7(2)11(13,14)9(8)10(6)12/h3-7H,1-2H3;2*3-6H,1-2H3;3-4,7H,5H2,1-2H3. The first-order valence-corrected chi connectivity index (χ1v) is 21.4. The molecule has 1 aliphatic rings. The monoisotopic (exact) mass is 916 g/mol. The maximum Gasteiger partial charge on any atom is 0.279 e. The van der Waals surface area contributed by atoms with Gasteiger partial charge in [-0.15, -0.1) is 11.3 Å². The summed E-state index contributed by atoms with van der Waals surface area (Å²) in [6.07, 6.45) is 0.263. The molecule has 1 unspecified atom stereocenters. The Kier molecular flexibility index (Phi) is 13.0. The first-order valence-electron chi connectivity index (χ1n) is 20.5. The van der Waals surface area contributed by atoms with E-state index in [4.69, 9.17) is 4.42 Å². The lowest BCUT2D eigenvalue weighted by atomic mass is 10.0. The molecule has 336 valence electrons. The fourth-order valence-corrected chi connectivity index (χ4v) is 8.94. The van der Waals surface area contributed by atoms with Gasteiger partial charge in [0, 0.05) is 33.0 Å². The molecule has 9 aromatic rings. The van der Waals surface area contributed by atoms with Gasteiger partial charge in [0.15, 0.2) is 34.4 Å². The molecule has 0 saturated heterocycles. The second-order valence-electron chi connectivity index (χ2n) is 16.5. The van der Waals surface area contributed by atoms with Crippen LogP contribution in [0.4, 0.5) is 43.9 Å². The van der Waals surface area contributed by atoms with Crippen molar-refractivity contribution in [3.63, 3.8) is 0 Å². The summed E-state index contributed by atoms with van der Waals surface area (Å²) in [6.45, 7) is 12.8. The third-order valence-corrected chi connectivity index (χ3v) is 13.0. The van der Waals surface area contributed by atoms with Gasteiger partial charge in [-0.2, -0.15) is 0 Å². The molecule has 10 rings (SSSR count). The molecule has 0 bridgehead atoms. The number of alkyl halides is 2. The van der Waals surface area contributed by atoms with Gasteiger partial charge < -0.3 is 4.42 Å². The number of benzene rings is 7. The highest BCUT2D eigenvalue weighted by molar-refractivity contribution is 7.25. The van der Waals surface area contributed by atoms with E-state index in [1.165, 1.54) is 50.3 Å². The second kappa shape index (κ2) is 18.0. The predicted octanol–water partition coefficient (Wildman–Crippen LogP) is 17.2. The fourth-order valence-electron chi connectivity index (χ4n) is 7.65. The number of fused-ring (bicyclic) bond motifs is 7. The van der Waals surface area contributed by atoms with Crippen molar-refractivity contribution in [3.05, 3.63) is 188 Å². The molecule has 65 heavy (non-hydrogen) atoms. The van der Waals surface area contributed by atoms with Crippen LogP contribution in [0.1, 0.15) is 57.0 Å². The Balaban J connectivity index is 0.000000130. The number of aryl methyl sites for hydroxylation is 7. The molecule has 1 atom stereocenters. The molecule has 1 nitrogen and oxygen atoms in total. The SMILES string of the molecule is Cc1ccc(-c2ccc(C)c(F)c2F)cc1F.Cc1ccc2c(c1F)C(F)(F)C(C)C2.Cc1ccc2c(oc3c(F)c(C)ccc32)c1F.Cc1ccc2c(sc3c(F)c(C)ccc32)c1F. The van der Waals surface area contributed by atoms with Crippen molar-refractivity contribution in [1.29, 1.82) is 0 Å². The third kappa shape index (κ3) is 8.60. The van der Waals surface area contributed by atoms with E-state index in [9.17, 15) is 43.9 Å². The molecule has 7 aromatic carbocycles. The predicted molar refractivity (Wildman–Crippen MR) is 241 cm³/mol. The highest BCUT2D eigenvalue weighted by Crippen LogP contribution is 2.47. The van der Waals surface area contributed by atoms with E-state index in [1.54, 1.807) is 95.3 Å². The average Bonchev–Trinajstić information content (AvgIpc) is 3.92. The van der Waals surface area contributed by atoms with E-state index in [0.29, 0.717) is 59.1 Å². The van der Waals surface area contributed by atoms with E-state index in [2.05, 4.69) is 0 Å². The lowest BCUT2D eigenvalue weighted by Crippen LogP contribution is -2.19. The van der Waals surface area contributed by atoms with Crippen molar-refractivity contribution in [2.45, 2.75) is 67.7 Å². The zero-order valence-corrected chi connectivity index (χ0v) is 37.4. The van der Waals surface area contributed by atoms with Gasteiger partial charge in [0.05, 0.1) is 15.0 Å². The second-order valence-corrected chi connectivity index (χ2v) is 17.5. The lowest BCUT2D eigenvalue weighted by Gasteiger charge is -2.16. The van der Waals surface area contributed by atoms with Crippen LogP contribution in [0.5, 0.6) is 0 Å². The Morgan fingerprint density at radius 3 is 1.38 bits per heavy atom. The maximum absolute atomic E-state index is 14.0. The van der Waals surface area contributed by atoms with Crippen molar-refractivity contribution in [2.24, 2.45) is 5.92 Å². The summed E-state index contributed by atoms with van der Waals surface area (Å²) >= 11 is 1.19. The van der Waals surface area contributed by atoms with E-state index < -0.39 is 46.7 Å². The van der Waals surface area contributed by atoms with Crippen LogP contribution in [-0.2, 0) is 12.3 Å². The Morgan fingerprint density at radius 1 is 0.462 bits per heavy atom. The van der Waals surface area contributed by atoms with Crippen LogP contribution >= 0.6 is 11.3 Å². The van der Waals surface area contributed by atoms with Crippen molar-refractivity contribution in [2.75, 3.05) is 0 Å². The van der Waals surface area contributed by atoms with Crippen LogP contribution in [0.25, 0.3) is 53.2 Å². The summed E-state index contributed by atoms with van der Waals surface area (Å²) in [7, 11) is 0. The Labute approximate surface area is 373 Å². The number of rotatable bonds is 1. The van der Waals surface area contributed by atoms with E-state index in [-0.39, 0.29) is 51.5 Å². The number of hydrogen-bond acceptors (Lipinski definition) is 2. The zero-order chi connectivity index (χ0) is 47.4. The molecular formula is C53H42F10OS. The van der Waals surface area contributed by atoms with Gasteiger partial charge in [0.1, 0.15) is 23.3 Å². The van der Waals surface area contributed by atoms with Crippen LogP contribution in [0, 0.1) is 101 Å². The minimum Gasteiger partial charge on any atom is -0.450 e. The normalized spacial score (nSPS) is 13.9. The Hall–Kier alpha value is -6.14. The Morgan fingerprint density at radius 2 is 0.877 bits per heavy atom. The number of furan rings is 1. The first-order chi connectivity index (χ1) is 30.6. The zero-order valence-electron chi connectivity index (χ0n) is 36.5. The van der Waals surface area contributed by atoms with Crippen LogP contribution in [-0.4, -0.2) is 0 Å². The molecule has 0 saturated carbocycles. The van der Waals surface area contributed by atoms with Crippen molar-refractivity contribution < 1.29 is 48.3 Å². The van der Waals surface area contributed by atoms with Crippen molar-refractivity contribution in [1.82, 2.24) is 0 Å². The molecule has 1 aliphatic carbocycles. The average molecular weight is 917 g/mol. The number of halogens is 10. The van der Waals surface area contributed by atoms with E-state index in [0.717, 1.165) is 10.8 Å². The van der Waals surface area contributed by atoms with Gasteiger partial charge in [0.25, 0.3) is 5.92 Å². The van der Waals surface area contributed by atoms with Gasteiger partial charge in [-0.1, -0.05) is 91.9 Å². The third-order valence-electron chi connectivity index (χ3n) is 11.8. The molecule has 0 spiro atoms. The maximum atomic E-state index is 14.0. The summed E-state index contributed by atoms with van der Waals surface area (Å²) in [6, 6.07) is 24.5. The van der Waals surface area contributed by atoms with Gasteiger partial charge in [-0.05, 0) is 111 Å². The van der Waals surface area contributed by atoms with E-state index in [1.807, 2.05) is 12.1 Å². The Bertz CT molecular complexity index is 3050. The van der Waals surface area contributed by atoms with Crippen LogP contribution in [0.3, 0.4) is 0 Å². The minimum atomic E-state index is -3.01. The van der Waals surface area contributed by atoms with Crippen molar-refractivity contribution in [3.8, 4) is 11.1 Å². The van der Waals surface area contributed by atoms with Gasteiger partial charge in [-0.3, -0.25) is 0 Å². The molecule has 12 heteroatoms. The largest absolute Gasteiger partial charge is 0.450 e. The van der Waals surface area contributed by atoms with Crippen LogP contribution in [0.2, 0.25) is 0 Å². The molecule has 2 aromatic heterocycles. The lowest BCUT2D eigenvalue weighted by molar-refractivity contribution is -0.0478. The minimum absolute atomic E-state index is 0.0759. The molecule has 2 heterocycles. The number of thiophene rings is 1. The smallest absolute Gasteiger partial charge is 0.279 e. The van der Waals surface area contributed by atoms with E-state index >= 15 is 0 Å². The highest BCUT2D eigenvalue weighted by Gasteiger charge is 2.48. The topological polar surface area (TPSA) is 13.1 Å². The molecular weight excluding hydrogens is 875 g/mol. The van der Waals surface area contributed by atoms with Gasteiger partial charge in [-0.25, -0.2) is 43.9 Å². The summed E-state index contributed by atoms with van der Waals surface area (Å²) in [5.74, 6) is -8.11. The molecule has 0 aliphatic heterocycles. The summed E-state index contributed by atoms with van der Waals surface area (Å²) < 4.78 is 143.